The first-order valence-corrected chi connectivity index (χ1v) is 7.46. The number of thiocarbonyl (C=S) groups is 1. The van der Waals surface area contributed by atoms with Gasteiger partial charge in [-0.15, -0.1) is 0 Å². The van der Waals surface area contributed by atoms with Crippen molar-refractivity contribution in [3.63, 3.8) is 0 Å². The lowest BCUT2D eigenvalue weighted by Crippen LogP contribution is -2.32. The molecule has 1 aromatic rings. The molecule has 0 bridgehead atoms. The van der Waals surface area contributed by atoms with Gasteiger partial charge in [-0.3, -0.25) is 4.79 Å². The summed E-state index contributed by atoms with van der Waals surface area (Å²) in [5, 5.41) is 7.00. The number of aryl methyl sites for hydroxylation is 1. The monoisotopic (exact) mass is 291 g/mol. The summed E-state index contributed by atoms with van der Waals surface area (Å²) in [4.78, 5) is 13.4. The molecule has 0 aromatic heterocycles. The van der Waals surface area contributed by atoms with Crippen LogP contribution < -0.4 is 10.6 Å². The first-order valence-electron chi connectivity index (χ1n) is 7.05. The molecule has 0 aliphatic carbocycles. The minimum Gasteiger partial charge on any atom is -0.362 e. The Bertz CT molecular complexity index is 490. The van der Waals surface area contributed by atoms with Crippen molar-refractivity contribution in [2.45, 2.75) is 26.2 Å². The van der Waals surface area contributed by atoms with Gasteiger partial charge in [0.25, 0.3) is 0 Å². The maximum Gasteiger partial charge on any atom is 0.222 e. The molecule has 1 heterocycles. The number of rotatable bonds is 5. The normalized spacial score (nSPS) is 14.4. The number of anilines is 1. The topological polar surface area (TPSA) is 44.4 Å². The van der Waals surface area contributed by atoms with Gasteiger partial charge in [0.2, 0.25) is 5.91 Å². The van der Waals surface area contributed by atoms with Crippen molar-refractivity contribution in [1.82, 2.24) is 10.2 Å². The van der Waals surface area contributed by atoms with E-state index in [1.807, 2.05) is 36.1 Å². The lowest BCUT2D eigenvalue weighted by molar-refractivity contribution is -0.127. The molecule has 1 aromatic carbocycles. The minimum atomic E-state index is 0.283. The van der Waals surface area contributed by atoms with Crippen molar-refractivity contribution in [2.75, 3.05) is 25.0 Å². The Labute approximate surface area is 125 Å². The first-order chi connectivity index (χ1) is 9.66. The molecule has 0 unspecified atom stereocenters. The highest BCUT2D eigenvalue weighted by Gasteiger charge is 2.18. The lowest BCUT2D eigenvalue weighted by atomic mass is 10.2. The number of para-hydroxylation sites is 1. The van der Waals surface area contributed by atoms with E-state index in [1.165, 1.54) is 5.56 Å². The van der Waals surface area contributed by atoms with E-state index < -0.39 is 0 Å². The fraction of sp³-hybridized carbons (Fsp3) is 0.467. The van der Waals surface area contributed by atoms with Gasteiger partial charge in [-0.05, 0) is 43.6 Å². The maximum absolute atomic E-state index is 11.4. The van der Waals surface area contributed by atoms with E-state index in [-0.39, 0.29) is 5.91 Å². The summed E-state index contributed by atoms with van der Waals surface area (Å²) >= 11 is 5.26. The third-order valence-corrected chi connectivity index (χ3v) is 3.70. The summed E-state index contributed by atoms with van der Waals surface area (Å²) < 4.78 is 0. The van der Waals surface area contributed by atoms with Crippen LogP contribution in [0.25, 0.3) is 0 Å². The zero-order valence-corrected chi connectivity index (χ0v) is 12.6. The molecule has 1 aliphatic rings. The van der Waals surface area contributed by atoms with E-state index in [9.17, 15) is 4.79 Å². The second-order valence-electron chi connectivity index (χ2n) is 5.03. The molecule has 0 atom stereocenters. The van der Waals surface area contributed by atoms with Crippen LogP contribution in [0.5, 0.6) is 0 Å². The number of carbonyl (C=O) groups is 1. The number of amides is 1. The molecule has 4 nitrogen and oxygen atoms in total. The zero-order chi connectivity index (χ0) is 14.4. The second kappa shape index (κ2) is 7.24. The van der Waals surface area contributed by atoms with Crippen molar-refractivity contribution in [3.8, 4) is 0 Å². The maximum atomic E-state index is 11.4. The molecule has 0 radical (unpaired) electrons. The molecule has 0 spiro atoms. The van der Waals surface area contributed by atoms with Crippen molar-refractivity contribution in [3.05, 3.63) is 29.8 Å². The molecule has 108 valence electrons. The van der Waals surface area contributed by atoms with Gasteiger partial charge in [-0.25, -0.2) is 0 Å². The van der Waals surface area contributed by atoms with Crippen molar-refractivity contribution in [1.29, 1.82) is 0 Å². The molecule has 2 rings (SSSR count). The highest BCUT2D eigenvalue weighted by molar-refractivity contribution is 7.80. The lowest BCUT2D eigenvalue weighted by Gasteiger charge is -2.16. The Morgan fingerprint density at radius 1 is 1.40 bits per heavy atom. The van der Waals surface area contributed by atoms with E-state index in [1.54, 1.807) is 0 Å². The average molecular weight is 291 g/mol. The van der Waals surface area contributed by atoms with Crippen LogP contribution in [0.3, 0.4) is 0 Å². The number of carbonyl (C=O) groups excluding carboxylic acids is 1. The van der Waals surface area contributed by atoms with Gasteiger partial charge in [-0.1, -0.05) is 18.2 Å². The van der Waals surface area contributed by atoms with Gasteiger partial charge >= 0.3 is 0 Å². The van der Waals surface area contributed by atoms with Crippen LogP contribution in [0.15, 0.2) is 24.3 Å². The van der Waals surface area contributed by atoms with Crippen molar-refractivity contribution in [2.24, 2.45) is 0 Å². The summed E-state index contributed by atoms with van der Waals surface area (Å²) in [6.07, 6.45) is 2.63. The summed E-state index contributed by atoms with van der Waals surface area (Å²) in [6, 6.07) is 8.04. The molecule has 2 N–H and O–H groups in total. The number of hydrogen-bond acceptors (Lipinski definition) is 2. The van der Waals surface area contributed by atoms with Crippen LogP contribution in [0.2, 0.25) is 0 Å². The fourth-order valence-electron chi connectivity index (χ4n) is 2.29. The molecule has 1 saturated heterocycles. The number of benzene rings is 1. The molecule has 1 amide bonds. The van der Waals surface area contributed by atoms with Gasteiger partial charge in [0.15, 0.2) is 5.11 Å². The minimum absolute atomic E-state index is 0.283. The smallest absolute Gasteiger partial charge is 0.222 e. The van der Waals surface area contributed by atoms with Crippen LogP contribution >= 0.6 is 12.2 Å². The standard InChI is InChI=1S/C15H21N3OS/c1-12-6-2-3-7-13(12)17-15(20)16-9-5-11-18-10-4-8-14(18)19/h2-3,6-7H,4-5,8-11H2,1H3,(H2,16,17,20). The zero-order valence-electron chi connectivity index (χ0n) is 11.8. The molecular weight excluding hydrogens is 270 g/mol. The van der Waals surface area contributed by atoms with Crippen LogP contribution in [0, 0.1) is 6.92 Å². The summed E-state index contributed by atoms with van der Waals surface area (Å²) in [6.45, 7) is 4.55. The number of nitrogens with zero attached hydrogens (tertiary/aromatic N) is 1. The van der Waals surface area contributed by atoms with E-state index in [0.29, 0.717) is 11.5 Å². The van der Waals surface area contributed by atoms with Crippen LogP contribution in [-0.4, -0.2) is 35.6 Å². The largest absolute Gasteiger partial charge is 0.362 e. The van der Waals surface area contributed by atoms with Gasteiger partial charge in [0.1, 0.15) is 0 Å². The first kappa shape index (κ1) is 14.8. The Morgan fingerprint density at radius 2 is 2.20 bits per heavy atom. The van der Waals surface area contributed by atoms with Crippen LogP contribution in [0.4, 0.5) is 5.69 Å². The third kappa shape index (κ3) is 4.20. The van der Waals surface area contributed by atoms with E-state index in [4.69, 9.17) is 12.2 Å². The molecule has 20 heavy (non-hydrogen) atoms. The van der Waals surface area contributed by atoms with Crippen LogP contribution in [-0.2, 0) is 4.79 Å². The van der Waals surface area contributed by atoms with E-state index in [0.717, 1.165) is 38.2 Å². The molecule has 1 aliphatic heterocycles. The van der Waals surface area contributed by atoms with Crippen LogP contribution in [0.1, 0.15) is 24.8 Å². The fourth-order valence-corrected chi connectivity index (χ4v) is 2.50. The highest BCUT2D eigenvalue weighted by Crippen LogP contribution is 2.12. The van der Waals surface area contributed by atoms with Crippen molar-refractivity contribution < 1.29 is 4.79 Å². The van der Waals surface area contributed by atoms with Crippen molar-refractivity contribution >= 4 is 28.9 Å². The Kier molecular flexibility index (Phi) is 5.35. The second-order valence-corrected chi connectivity index (χ2v) is 5.44. The van der Waals surface area contributed by atoms with E-state index in [2.05, 4.69) is 10.6 Å². The molecular formula is C15H21N3OS. The summed E-state index contributed by atoms with van der Waals surface area (Å²) in [5.74, 6) is 0.283. The molecule has 1 fully saturated rings. The number of hydrogen-bond donors (Lipinski definition) is 2. The predicted octanol–water partition coefficient (Wildman–Crippen LogP) is 2.29. The molecule has 5 heteroatoms. The Balaban J connectivity index is 1.65. The Hall–Kier alpha value is -1.62. The quantitative estimate of drug-likeness (QED) is 0.645. The number of likely N-dealkylation sites (tertiary alicyclic amines) is 1. The van der Waals surface area contributed by atoms with E-state index >= 15 is 0 Å². The summed E-state index contributed by atoms with van der Waals surface area (Å²) in [7, 11) is 0. The van der Waals surface area contributed by atoms with Gasteiger partial charge in [0.05, 0.1) is 0 Å². The average Bonchev–Trinajstić information content (AvgIpc) is 2.83. The highest BCUT2D eigenvalue weighted by atomic mass is 32.1. The third-order valence-electron chi connectivity index (χ3n) is 3.46. The van der Waals surface area contributed by atoms with Gasteiger partial charge in [-0.2, -0.15) is 0 Å². The van der Waals surface area contributed by atoms with Gasteiger partial charge < -0.3 is 15.5 Å². The SMILES string of the molecule is Cc1ccccc1NC(=S)NCCCN1CCCC1=O. The van der Waals surface area contributed by atoms with Gasteiger partial charge in [0, 0.05) is 31.7 Å². The Morgan fingerprint density at radius 3 is 2.90 bits per heavy atom. The molecule has 0 saturated carbocycles. The predicted molar refractivity (Wildman–Crippen MR) is 85.8 cm³/mol. The summed E-state index contributed by atoms with van der Waals surface area (Å²) in [5.41, 5.74) is 2.19. The number of nitrogens with one attached hydrogen (secondary N) is 2.